The second kappa shape index (κ2) is 6.49. The molecule has 0 aliphatic carbocycles. The van der Waals surface area contributed by atoms with Crippen LogP contribution in [0.1, 0.15) is 29.5 Å². The van der Waals surface area contributed by atoms with Gasteiger partial charge in [0, 0.05) is 25.1 Å². The van der Waals surface area contributed by atoms with Crippen molar-refractivity contribution in [2.75, 3.05) is 24.5 Å². The molecule has 0 spiro atoms. The summed E-state index contributed by atoms with van der Waals surface area (Å²) in [4.78, 5) is 21.2. The van der Waals surface area contributed by atoms with E-state index in [2.05, 4.69) is 36.4 Å². The second-order valence-corrected chi connectivity index (χ2v) is 8.29. The van der Waals surface area contributed by atoms with Crippen molar-refractivity contribution in [3.05, 3.63) is 59.1 Å². The van der Waals surface area contributed by atoms with Crippen molar-refractivity contribution in [1.82, 2.24) is 4.98 Å². The van der Waals surface area contributed by atoms with Gasteiger partial charge in [0.1, 0.15) is 6.04 Å². The fraction of sp³-hybridized carbons (Fsp3) is 0.333. The molecule has 2 aromatic carbocycles. The van der Waals surface area contributed by atoms with E-state index in [4.69, 9.17) is 4.98 Å². The molecule has 1 aromatic heterocycles. The first-order chi connectivity index (χ1) is 12.8. The zero-order valence-electron chi connectivity index (χ0n) is 14.6. The van der Waals surface area contributed by atoms with Gasteiger partial charge in [-0.1, -0.05) is 30.3 Å². The van der Waals surface area contributed by atoms with Crippen LogP contribution in [0.15, 0.2) is 48.5 Å². The van der Waals surface area contributed by atoms with Crippen LogP contribution in [0.2, 0.25) is 0 Å². The number of carbonyl (C=O) groups excluding carboxylic acids is 1. The zero-order valence-corrected chi connectivity index (χ0v) is 15.5. The number of quaternary nitrogens is 1. The largest absolute Gasteiger partial charge is 0.319 e. The van der Waals surface area contributed by atoms with E-state index in [-0.39, 0.29) is 5.91 Å². The Morgan fingerprint density at radius 2 is 2.04 bits per heavy atom. The third-order valence-electron chi connectivity index (χ3n) is 5.66. The van der Waals surface area contributed by atoms with E-state index in [1.54, 1.807) is 11.3 Å². The molecule has 0 bridgehead atoms. The van der Waals surface area contributed by atoms with Crippen LogP contribution in [0.3, 0.4) is 0 Å². The maximum atomic E-state index is 13.0. The molecule has 1 unspecified atom stereocenters. The second-order valence-electron chi connectivity index (χ2n) is 7.22. The molecular formula is C21H22N3OS+. The fourth-order valence-electron chi connectivity index (χ4n) is 4.35. The van der Waals surface area contributed by atoms with Gasteiger partial charge in [-0.25, -0.2) is 4.98 Å². The highest BCUT2D eigenvalue weighted by molar-refractivity contribution is 7.18. The number of hydrogen-bond acceptors (Lipinski definition) is 3. The van der Waals surface area contributed by atoms with Crippen LogP contribution in [0.25, 0.3) is 10.2 Å². The number of fused-ring (bicyclic) bond motifs is 2. The lowest BCUT2D eigenvalue weighted by Crippen LogP contribution is -3.11. The summed E-state index contributed by atoms with van der Waals surface area (Å²) in [6.45, 7) is 2.44. The van der Waals surface area contributed by atoms with Crippen molar-refractivity contribution in [2.24, 2.45) is 0 Å². The van der Waals surface area contributed by atoms with Crippen LogP contribution in [-0.2, 0) is 11.2 Å². The lowest BCUT2D eigenvalue weighted by molar-refractivity contribution is -0.910. The summed E-state index contributed by atoms with van der Waals surface area (Å²) < 4.78 is 1.24. The molecule has 4 nitrogen and oxygen atoms in total. The van der Waals surface area contributed by atoms with Crippen molar-refractivity contribution in [2.45, 2.75) is 25.3 Å². The van der Waals surface area contributed by atoms with Gasteiger partial charge >= 0.3 is 0 Å². The van der Waals surface area contributed by atoms with E-state index < -0.39 is 0 Å². The molecular weight excluding hydrogens is 342 g/mol. The highest BCUT2D eigenvalue weighted by Gasteiger charge is 2.36. The highest BCUT2D eigenvalue weighted by atomic mass is 32.1. The first-order valence-electron chi connectivity index (χ1n) is 9.38. The van der Waals surface area contributed by atoms with Gasteiger partial charge in [-0.05, 0) is 30.2 Å². The van der Waals surface area contributed by atoms with Crippen molar-refractivity contribution in [3.63, 3.8) is 0 Å². The van der Waals surface area contributed by atoms with Gasteiger partial charge in [-0.3, -0.25) is 4.79 Å². The molecule has 2 atom stereocenters. The van der Waals surface area contributed by atoms with Crippen LogP contribution < -0.4 is 9.80 Å². The van der Waals surface area contributed by atoms with E-state index in [1.165, 1.54) is 26.6 Å². The summed E-state index contributed by atoms with van der Waals surface area (Å²) in [5.41, 5.74) is 3.48. The van der Waals surface area contributed by atoms with Gasteiger partial charge in [-0.2, -0.15) is 0 Å². The zero-order chi connectivity index (χ0) is 17.5. The fourth-order valence-corrected chi connectivity index (χ4v) is 5.51. The Hall–Kier alpha value is -2.24. The number of para-hydroxylation sites is 2. The SMILES string of the molecule is O=C(C[NH+]1CCC[C@H]1c1nc2ccccc2s1)N1CCc2ccccc21. The predicted octanol–water partition coefficient (Wildman–Crippen LogP) is 2.61. The van der Waals surface area contributed by atoms with E-state index >= 15 is 0 Å². The number of likely N-dealkylation sites (tertiary alicyclic amines) is 1. The molecule has 2 aliphatic rings. The van der Waals surface area contributed by atoms with Crippen LogP contribution in [0, 0.1) is 0 Å². The third kappa shape index (κ3) is 2.72. The maximum absolute atomic E-state index is 13.0. The number of rotatable bonds is 3. The Morgan fingerprint density at radius 1 is 1.19 bits per heavy atom. The van der Waals surface area contributed by atoms with Crippen molar-refractivity contribution in [3.8, 4) is 0 Å². The Bertz CT molecular complexity index is 934. The van der Waals surface area contributed by atoms with Gasteiger partial charge < -0.3 is 9.80 Å². The molecule has 0 radical (unpaired) electrons. The molecule has 1 amide bonds. The Kier molecular flexibility index (Phi) is 3.98. The van der Waals surface area contributed by atoms with Crippen molar-refractivity contribution >= 4 is 33.1 Å². The number of aromatic nitrogens is 1. The van der Waals surface area contributed by atoms with Crippen molar-refractivity contribution in [1.29, 1.82) is 0 Å². The predicted molar refractivity (Wildman–Crippen MR) is 105 cm³/mol. The molecule has 26 heavy (non-hydrogen) atoms. The molecule has 132 valence electrons. The Labute approximate surface area is 157 Å². The minimum Gasteiger partial charge on any atom is -0.319 e. The van der Waals surface area contributed by atoms with Crippen LogP contribution in [0.5, 0.6) is 0 Å². The molecule has 3 aromatic rings. The first kappa shape index (κ1) is 16.0. The number of anilines is 1. The normalized spacial score (nSPS) is 22.1. The Balaban J connectivity index is 1.36. The van der Waals surface area contributed by atoms with Gasteiger partial charge in [0.15, 0.2) is 11.6 Å². The van der Waals surface area contributed by atoms with Crippen LogP contribution in [0.4, 0.5) is 5.69 Å². The average Bonchev–Trinajstić information content (AvgIpc) is 3.38. The summed E-state index contributed by atoms with van der Waals surface area (Å²) in [5, 5.41) is 1.19. The molecule has 1 fully saturated rings. The molecule has 2 aliphatic heterocycles. The Morgan fingerprint density at radius 3 is 2.96 bits per heavy atom. The highest BCUT2D eigenvalue weighted by Crippen LogP contribution is 2.29. The number of benzene rings is 2. The number of nitrogens with zero attached hydrogens (tertiary/aromatic N) is 2. The molecule has 0 saturated carbocycles. The molecule has 5 rings (SSSR count). The minimum atomic E-state index is 0.248. The van der Waals surface area contributed by atoms with Gasteiger partial charge in [-0.15, -0.1) is 11.3 Å². The van der Waals surface area contributed by atoms with Gasteiger partial charge in [0.2, 0.25) is 0 Å². The number of hydrogen-bond donors (Lipinski definition) is 1. The molecule has 5 heteroatoms. The van der Waals surface area contributed by atoms with E-state index in [0.717, 1.165) is 37.1 Å². The average molecular weight is 364 g/mol. The van der Waals surface area contributed by atoms with Crippen LogP contribution >= 0.6 is 11.3 Å². The summed E-state index contributed by atoms with van der Waals surface area (Å²) in [5.74, 6) is 0.248. The summed E-state index contributed by atoms with van der Waals surface area (Å²) >= 11 is 1.79. The lowest BCUT2D eigenvalue weighted by Gasteiger charge is -2.23. The summed E-state index contributed by atoms with van der Waals surface area (Å²) in [6, 6.07) is 17.0. The van der Waals surface area contributed by atoms with E-state index in [0.29, 0.717) is 12.6 Å². The van der Waals surface area contributed by atoms with E-state index in [9.17, 15) is 4.79 Å². The molecule has 1 N–H and O–H groups in total. The third-order valence-corrected chi connectivity index (χ3v) is 6.81. The summed E-state index contributed by atoms with van der Waals surface area (Å²) in [7, 11) is 0. The quantitative estimate of drug-likeness (QED) is 0.776. The van der Waals surface area contributed by atoms with E-state index in [1.807, 2.05) is 17.0 Å². The molecule has 3 heterocycles. The number of thiazole rings is 1. The smallest absolute Gasteiger partial charge is 0.282 e. The standard InChI is InChI=1S/C21H21N3OS/c25-20(24-13-11-15-6-1-3-8-17(15)24)14-23-12-5-9-18(23)21-22-16-7-2-4-10-19(16)26-21/h1-4,6-8,10,18H,5,9,11-14H2/p+1/t18-/m0/s1. The monoisotopic (exact) mass is 364 g/mol. The summed E-state index contributed by atoms with van der Waals surface area (Å²) in [6.07, 6.45) is 3.26. The number of carbonyl (C=O) groups is 1. The number of amides is 1. The first-order valence-corrected chi connectivity index (χ1v) is 10.2. The molecule has 1 saturated heterocycles. The lowest BCUT2D eigenvalue weighted by atomic mass is 10.2. The van der Waals surface area contributed by atoms with Gasteiger partial charge in [0.25, 0.3) is 5.91 Å². The topological polar surface area (TPSA) is 37.6 Å². The van der Waals surface area contributed by atoms with Gasteiger partial charge in [0.05, 0.1) is 16.8 Å². The van der Waals surface area contributed by atoms with Crippen molar-refractivity contribution < 1.29 is 9.69 Å². The minimum absolute atomic E-state index is 0.248. The van der Waals surface area contributed by atoms with Crippen LogP contribution in [-0.4, -0.2) is 30.5 Å². The maximum Gasteiger partial charge on any atom is 0.282 e. The number of nitrogens with one attached hydrogen (secondary N) is 1.